The summed E-state index contributed by atoms with van der Waals surface area (Å²) in [5.41, 5.74) is 14.7. The van der Waals surface area contributed by atoms with Crippen LogP contribution in [0.2, 0.25) is 0 Å². The van der Waals surface area contributed by atoms with Crippen molar-refractivity contribution in [1.29, 1.82) is 0 Å². The van der Waals surface area contributed by atoms with E-state index < -0.39 is 14.2 Å². The summed E-state index contributed by atoms with van der Waals surface area (Å²) in [6.45, 7) is 13.7. The van der Waals surface area contributed by atoms with Crippen LogP contribution in [0.1, 0.15) is 373 Å². The second kappa shape index (κ2) is 51.0. The van der Waals surface area contributed by atoms with E-state index in [1.54, 1.807) is 33.8 Å². The Balaban J connectivity index is 0.000000244. The molecular weight excluding hydrogens is 1670 g/mol. The van der Waals surface area contributed by atoms with Crippen molar-refractivity contribution in [2.24, 2.45) is 0 Å². The van der Waals surface area contributed by atoms with E-state index in [9.17, 15) is 20.1 Å². The Morgan fingerprint density at radius 1 is 0.275 bits per heavy atom. The van der Waals surface area contributed by atoms with Gasteiger partial charge in [-0.15, -0.1) is 45.3 Å². The third-order valence-electron chi connectivity index (χ3n) is 26.0. The maximum Gasteiger partial charge on any atom is 0.488 e. The van der Waals surface area contributed by atoms with E-state index in [2.05, 4.69) is 183 Å². The zero-order valence-corrected chi connectivity index (χ0v) is 77.7. The number of rotatable bonds is 47. The Kier molecular flexibility index (Phi) is 42.7. The number of thiophene rings is 4. The molecule has 12 heteroatoms. The lowest BCUT2D eigenvalue weighted by molar-refractivity contribution is 0.396. The monoisotopic (exact) mass is 1820 g/mol. The fourth-order valence-electron chi connectivity index (χ4n) is 19.6. The van der Waals surface area contributed by atoms with Gasteiger partial charge in [-0.1, -0.05) is 435 Å². The van der Waals surface area contributed by atoms with E-state index in [1.807, 2.05) is 59.1 Å². The van der Waals surface area contributed by atoms with Crippen molar-refractivity contribution in [3.63, 3.8) is 0 Å². The summed E-state index contributed by atoms with van der Waals surface area (Å²) in [7, 11) is -3.01. The predicted octanol–water partition coefficient (Wildman–Crippen LogP) is 35.7. The second-order valence-corrected chi connectivity index (χ2v) is 41.9. The van der Waals surface area contributed by atoms with Gasteiger partial charge in [-0.2, -0.15) is 0 Å². The summed E-state index contributed by atoms with van der Waals surface area (Å²) in [5, 5.41) is 51.2. The largest absolute Gasteiger partial charge is 0.488 e. The van der Waals surface area contributed by atoms with Crippen molar-refractivity contribution in [2.45, 2.75) is 365 Å². The van der Waals surface area contributed by atoms with Crippen LogP contribution < -0.4 is 10.9 Å². The Bertz CT molecular complexity index is 4880. The molecule has 650 valence electrons. The van der Waals surface area contributed by atoms with E-state index in [-0.39, 0.29) is 40.5 Å². The summed E-state index contributed by atoms with van der Waals surface area (Å²) >= 11 is 14.7. The van der Waals surface area contributed by atoms with Gasteiger partial charge in [0.05, 0.1) is 7.57 Å². The minimum Gasteiger partial charge on any atom is -0.423 e. The third-order valence-corrected chi connectivity index (χ3v) is 31.7. The lowest BCUT2D eigenvalue weighted by Crippen LogP contribution is -2.34. The first-order chi connectivity index (χ1) is 56.7. The molecule has 0 spiro atoms. The molecule has 14 rings (SSSR count). The number of fused-ring (bicyclic) bond motifs is 16. The Labute approximate surface area is 761 Å². The molecule has 0 unspecified atom stereocenters. The molecule has 4 heterocycles. The summed E-state index contributed by atoms with van der Waals surface area (Å²) in [6.07, 6.45) is 58.3. The molecule has 2 aliphatic rings. The molecule has 0 aliphatic heterocycles. The van der Waals surface area contributed by atoms with Crippen LogP contribution in [0.3, 0.4) is 0 Å². The first-order valence-electron chi connectivity index (χ1n) is 46.0. The lowest BCUT2D eigenvalue weighted by atomic mass is 9.67. The Hall–Kier alpha value is -4.95. The van der Waals surface area contributed by atoms with Crippen LogP contribution in [0.4, 0.5) is 0 Å². The van der Waals surface area contributed by atoms with Gasteiger partial charge in [-0.25, -0.2) is 0 Å². The van der Waals surface area contributed by atoms with E-state index in [0.717, 1.165) is 36.8 Å². The first kappa shape index (κ1) is 100. The van der Waals surface area contributed by atoms with Gasteiger partial charge >= 0.3 is 14.2 Å². The summed E-state index contributed by atoms with van der Waals surface area (Å²) in [5.74, 6) is 0. The molecule has 4 N–H and O–H groups in total. The molecule has 0 saturated carbocycles. The van der Waals surface area contributed by atoms with E-state index in [0.29, 0.717) is 10.9 Å². The molecule has 12 aromatic rings. The highest BCUT2D eigenvalue weighted by molar-refractivity contribution is 9.11. The summed E-state index contributed by atoms with van der Waals surface area (Å²) in [6, 6.07) is 54.3. The van der Waals surface area contributed by atoms with Crippen LogP contribution in [0.25, 0.3) is 94.6 Å². The fraction of sp³-hybridized carbons (Fsp3) is 0.519. The molecule has 4 nitrogen and oxygen atoms in total. The molecular formula is C108H150B2Br2O4S4. The van der Waals surface area contributed by atoms with Crippen LogP contribution >= 0.6 is 77.2 Å². The topological polar surface area (TPSA) is 80.9 Å². The quantitative estimate of drug-likeness (QED) is 0.0226. The highest BCUT2D eigenvalue weighted by Crippen LogP contribution is 2.57. The van der Waals surface area contributed by atoms with Gasteiger partial charge in [0.1, 0.15) is 0 Å². The van der Waals surface area contributed by atoms with Crippen molar-refractivity contribution in [3.05, 3.63) is 186 Å². The Morgan fingerprint density at radius 2 is 0.550 bits per heavy atom. The first-order valence-corrected chi connectivity index (χ1v) is 50.9. The normalized spacial score (nSPS) is 12.7. The molecule has 0 atom stereocenters. The number of benzene rings is 8. The lowest BCUT2D eigenvalue weighted by Gasteiger charge is -2.33. The maximum atomic E-state index is 10.1. The zero-order valence-electron chi connectivity index (χ0n) is 71.3. The predicted molar refractivity (Wildman–Crippen MR) is 551 cm³/mol. The van der Waals surface area contributed by atoms with Gasteiger partial charge in [0.2, 0.25) is 0 Å². The van der Waals surface area contributed by atoms with Gasteiger partial charge in [0, 0.05) is 60.9 Å². The van der Waals surface area contributed by atoms with Crippen molar-refractivity contribution >= 4 is 164 Å². The average Bonchev–Trinajstić information content (AvgIpc) is 1.56. The number of hydrogen-bond acceptors (Lipinski definition) is 8. The van der Waals surface area contributed by atoms with Gasteiger partial charge in [-0.05, 0) is 184 Å². The highest BCUT2D eigenvalue weighted by Gasteiger charge is 2.45. The molecule has 0 saturated heterocycles. The maximum absolute atomic E-state index is 10.1. The van der Waals surface area contributed by atoms with Crippen molar-refractivity contribution in [1.82, 2.24) is 0 Å². The third kappa shape index (κ3) is 25.7. The molecule has 0 radical (unpaired) electrons. The second-order valence-electron chi connectivity index (χ2n) is 34.8. The van der Waals surface area contributed by atoms with Crippen molar-refractivity contribution in [2.75, 3.05) is 0 Å². The van der Waals surface area contributed by atoms with Crippen molar-refractivity contribution < 1.29 is 20.1 Å². The summed E-state index contributed by atoms with van der Waals surface area (Å²) in [4.78, 5) is 2.80. The number of unbranched alkanes of at least 4 members (excludes halogenated alkanes) is 36. The summed E-state index contributed by atoms with van der Waals surface area (Å²) < 4.78 is 7.98. The standard InChI is InChI=1S/C53H68S2.C37H60B2O4.C14H6Br2S2.4CH4/c1-5-7-9-11-13-15-17-19-21-23-33-53(34-24-22-20-18-16-14-12-10-8-6-2)48-35-39(3)25-29-44(48)45-30-26-41(37-49(45)53)50-38-43-28-32-46-47(52(43)55-50)31-27-42-36-40(4)54-51(42)46;1-3-5-7-9-11-13-15-17-19-21-27-37(28-22-20-18-16-14-12-10-8-6-4-2)35-29-31(38(40)41)23-25-33(35)34-26-24-32(39(42)43)30-36(34)37;15-11-5-7-1-3-9-10(13(7)17-11)4-2-8-6-12(16)18-14(8)9;;;;/h25-32,35-38H,5-24,33-34H2,1-4H3;23-26,29-30,40-43H,3-22,27-28H2,1-2H3;1-6H;4*1H4. The van der Waals surface area contributed by atoms with Gasteiger partial charge in [0.25, 0.3) is 0 Å². The van der Waals surface area contributed by atoms with E-state index in [1.165, 1.54) is 369 Å². The SMILES string of the molecule is Brc1cc2ccc3c(ccc4cc(Br)sc43)c2s1.C.C.C.C.CCCCCCCCCCCCC1(CCCCCCCCCCCC)c2cc(B(O)O)ccc2-c2ccc(B(O)O)cc21.CCCCCCCCCCCCC1(CCCCCCCCCCCC)c2cc(C)ccc2-c2ccc(-c3cc4ccc5c(ccc6cc(C)sc65)c4s3)cc21. The number of hydrogen-bond donors (Lipinski definition) is 4. The minimum absolute atomic E-state index is 0. The molecule has 4 aromatic heterocycles. The van der Waals surface area contributed by atoms with E-state index >= 15 is 0 Å². The molecule has 0 amide bonds. The smallest absolute Gasteiger partial charge is 0.423 e. The molecule has 8 aromatic carbocycles. The fourth-order valence-corrected chi connectivity index (χ4v) is 25.1. The number of aryl methyl sites for hydroxylation is 2. The molecule has 0 bridgehead atoms. The van der Waals surface area contributed by atoms with Crippen LogP contribution in [0, 0.1) is 13.8 Å². The highest BCUT2D eigenvalue weighted by atomic mass is 79.9. The van der Waals surface area contributed by atoms with Gasteiger partial charge in [-0.3, -0.25) is 0 Å². The molecule has 2 aliphatic carbocycles. The molecule has 0 fully saturated rings. The molecule has 120 heavy (non-hydrogen) atoms. The van der Waals surface area contributed by atoms with E-state index in [4.69, 9.17) is 0 Å². The van der Waals surface area contributed by atoms with Crippen LogP contribution in [0.5, 0.6) is 0 Å². The van der Waals surface area contributed by atoms with Gasteiger partial charge in [0.15, 0.2) is 0 Å². The Morgan fingerprint density at radius 3 is 0.892 bits per heavy atom. The van der Waals surface area contributed by atoms with Crippen LogP contribution in [-0.4, -0.2) is 34.3 Å². The zero-order chi connectivity index (χ0) is 81.2. The van der Waals surface area contributed by atoms with Gasteiger partial charge < -0.3 is 20.1 Å². The average molecular weight is 1820 g/mol. The minimum atomic E-state index is -1.50. The van der Waals surface area contributed by atoms with Crippen LogP contribution in [0.15, 0.2) is 153 Å². The number of halogens is 2. The van der Waals surface area contributed by atoms with Crippen molar-refractivity contribution in [3.8, 4) is 32.7 Å². The van der Waals surface area contributed by atoms with Crippen LogP contribution in [-0.2, 0) is 10.8 Å².